The van der Waals surface area contributed by atoms with Crippen molar-refractivity contribution in [3.8, 4) is 0 Å². The van der Waals surface area contributed by atoms with Gasteiger partial charge in [-0.2, -0.15) is 0 Å². The third-order valence-corrected chi connectivity index (χ3v) is 6.15. The summed E-state index contributed by atoms with van der Waals surface area (Å²) in [5.41, 5.74) is -0.714. The van der Waals surface area contributed by atoms with E-state index in [-0.39, 0.29) is 36.5 Å². The van der Waals surface area contributed by atoms with Crippen molar-refractivity contribution in [1.29, 1.82) is 0 Å². The molecule has 0 bridgehead atoms. The van der Waals surface area contributed by atoms with Crippen LogP contribution in [0.15, 0.2) is 18.2 Å². The Morgan fingerprint density at radius 2 is 1.71 bits per heavy atom. The molecule has 2 aliphatic heterocycles. The molecular formula is C26H35N3O6. The summed E-state index contributed by atoms with van der Waals surface area (Å²) in [6.45, 7) is 13.4. The molecule has 9 heteroatoms. The number of benzene rings is 1. The molecule has 2 heterocycles. The summed E-state index contributed by atoms with van der Waals surface area (Å²) >= 11 is 0. The highest BCUT2D eigenvalue weighted by molar-refractivity contribution is 6.24. The molecule has 190 valence electrons. The number of carbonyl (C=O) groups is 5. The van der Waals surface area contributed by atoms with Crippen LogP contribution in [0, 0.1) is 5.41 Å². The minimum Gasteiger partial charge on any atom is -0.460 e. The van der Waals surface area contributed by atoms with Crippen molar-refractivity contribution in [2.75, 3.05) is 0 Å². The summed E-state index contributed by atoms with van der Waals surface area (Å²) in [4.78, 5) is 63.8. The van der Waals surface area contributed by atoms with Crippen molar-refractivity contribution in [3.05, 3.63) is 34.9 Å². The van der Waals surface area contributed by atoms with E-state index in [2.05, 4.69) is 10.6 Å². The average molecular weight is 486 g/mol. The molecule has 35 heavy (non-hydrogen) atoms. The van der Waals surface area contributed by atoms with Crippen molar-refractivity contribution in [2.45, 2.75) is 91.5 Å². The van der Waals surface area contributed by atoms with E-state index < -0.39 is 46.2 Å². The molecule has 1 aromatic carbocycles. The number of amides is 4. The highest BCUT2D eigenvalue weighted by Gasteiger charge is 2.45. The minimum absolute atomic E-state index is 0.0693. The maximum atomic E-state index is 13.3. The number of ether oxygens (including phenoxy) is 1. The van der Waals surface area contributed by atoms with Gasteiger partial charge in [-0.1, -0.05) is 12.1 Å². The fourth-order valence-electron chi connectivity index (χ4n) is 4.72. The summed E-state index contributed by atoms with van der Waals surface area (Å²) in [7, 11) is 0. The molecule has 0 saturated carbocycles. The Bertz CT molecular complexity index is 1080. The molecule has 3 rings (SSSR count). The second-order valence-corrected chi connectivity index (χ2v) is 11.6. The van der Waals surface area contributed by atoms with E-state index >= 15 is 0 Å². The number of fused-ring (bicyclic) bond motifs is 1. The van der Waals surface area contributed by atoms with Crippen molar-refractivity contribution in [2.24, 2.45) is 5.41 Å². The third kappa shape index (κ3) is 5.78. The zero-order chi connectivity index (χ0) is 26.3. The highest BCUT2D eigenvalue weighted by Crippen LogP contribution is 2.33. The first-order valence-corrected chi connectivity index (χ1v) is 11.8. The van der Waals surface area contributed by atoms with Crippen molar-refractivity contribution in [1.82, 2.24) is 15.5 Å². The third-order valence-electron chi connectivity index (χ3n) is 6.15. The molecule has 0 aromatic heterocycles. The van der Waals surface area contributed by atoms with E-state index in [1.165, 1.54) is 0 Å². The molecule has 4 amide bonds. The molecule has 1 aromatic rings. The standard InChI is InChI=1S/C26H35N3O6/c1-24(2,3)35-23(34)25(4,5)14-26(6,7)27-13-15-9-8-10-16-19(15)22(33)29(21(16)32)17-11-12-18(30)28-20(17)31/h8-10,17,27H,11-14H2,1-7H3,(H,28,30,31). The lowest BCUT2D eigenvalue weighted by atomic mass is 9.79. The molecular weight excluding hydrogens is 450 g/mol. The first-order valence-electron chi connectivity index (χ1n) is 11.8. The van der Waals surface area contributed by atoms with Crippen molar-refractivity contribution in [3.63, 3.8) is 0 Å². The van der Waals surface area contributed by atoms with Gasteiger partial charge in [0, 0.05) is 18.5 Å². The number of esters is 1. The van der Waals surface area contributed by atoms with Gasteiger partial charge in [0.2, 0.25) is 11.8 Å². The Balaban J connectivity index is 1.76. The molecule has 1 fully saturated rings. The summed E-state index contributed by atoms with van der Waals surface area (Å²) in [5.74, 6) is -2.41. The smallest absolute Gasteiger partial charge is 0.312 e. The van der Waals surface area contributed by atoms with Crippen LogP contribution in [0.4, 0.5) is 0 Å². The van der Waals surface area contributed by atoms with Crippen LogP contribution in [0.25, 0.3) is 0 Å². The van der Waals surface area contributed by atoms with Crippen LogP contribution < -0.4 is 10.6 Å². The van der Waals surface area contributed by atoms with E-state index in [0.717, 1.165) is 4.90 Å². The van der Waals surface area contributed by atoms with Gasteiger partial charge < -0.3 is 10.1 Å². The second-order valence-electron chi connectivity index (χ2n) is 11.6. The predicted molar refractivity (Wildman–Crippen MR) is 128 cm³/mol. The number of piperidine rings is 1. The highest BCUT2D eigenvalue weighted by atomic mass is 16.6. The summed E-state index contributed by atoms with van der Waals surface area (Å²) in [6, 6.07) is 4.03. The van der Waals surface area contributed by atoms with Crippen LogP contribution in [0.1, 0.15) is 94.0 Å². The minimum atomic E-state index is -1.01. The molecule has 0 aliphatic carbocycles. The number of rotatable bonds is 7. The SMILES string of the molecule is CC(C)(CC(C)(C)C(=O)OC(C)(C)C)NCc1cccc2c1C(=O)N(C1CCC(=O)NC1=O)C2=O. The van der Waals surface area contributed by atoms with Gasteiger partial charge in [-0.05, 0) is 72.9 Å². The second kappa shape index (κ2) is 9.18. The molecule has 1 unspecified atom stereocenters. The maximum absolute atomic E-state index is 13.3. The Kier molecular flexibility index (Phi) is 6.96. The Morgan fingerprint density at radius 1 is 1.06 bits per heavy atom. The number of hydrogen-bond donors (Lipinski definition) is 2. The van der Waals surface area contributed by atoms with Gasteiger partial charge in [0.1, 0.15) is 11.6 Å². The Hall–Kier alpha value is -3.07. The largest absolute Gasteiger partial charge is 0.460 e. The number of hydrogen-bond acceptors (Lipinski definition) is 7. The molecule has 9 nitrogen and oxygen atoms in total. The van der Waals surface area contributed by atoms with E-state index in [1.807, 2.05) is 48.5 Å². The average Bonchev–Trinajstić information content (AvgIpc) is 2.96. The van der Waals surface area contributed by atoms with Crippen LogP contribution in [0.2, 0.25) is 0 Å². The zero-order valence-corrected chi connectivity index (χ0v) is 21.5. The summed E-state index contributed by atoms with van der Waals surface area (Å²) < 4.78 is 5.57. The van der Waals surface area contributed by atoms with Gasteiger partial charge in [0.25, 0.3) is 11.8 Å². The first-order chi connectivity index (χ1) is 16.0. The maximum Gasteiger partial charge on any atom is 0.312 e. The summed E-state index contributed by atoms with van der Waals surface area (Å²) in [6.07, 6.45) is 0.648. The van der Waals surface area contributed by atoms with Crippen LogP contribution in [0.5, 0.6) is 0 Å². The van der Waals surface area contributed by atoms with E-state index in [1.54, 1.807) is 18.2 Å². The summed E-state index contributed by atoms with van der Waals surface area (Å²) in [5, 5.41) is 5.61. The van der Waals surface area contributed by atoms with Crippen LogP contribution in [0.3, 0.4) is 0 Å². The Labute approximate surface area is 205 Å². The molecule has 2 N–H and O–H groups in total. The number of nitrogens with one attached hydrogen (secondary N) is 2. The lowest BCUT2D eigenvalue weighted by molar-refractivity contribution is -0.167. The van der Waals surface area contributed by atoms with Gasteiger partial charge in [-0.15, -0.1) is 0 Å². The lowest BCUT2D eigenvalue weighted by Gasteiger charge is -2.36. The predicted octanol–water partition coefficient (Wildman–Crippen LogP) is 2.71. The van der Waals surface area contributed by atoms with Crippen LogP contribution in [-0.4, -0.2) is 51.7 Å². The normalized spacial score (nSPS) is 19.1. The van der Waals surface area contributed by atoms with Crippen LogP contribution in [-0.2, 0) is 25.7 Å². The fraction of sp³-hybridized carbons (Fsp3) is 0.577. The molecule has 0 radical (unpaired) electrons. The topological polar surface area (TPSA) is 122 Å². The zero-order valence-electron chi connectivity index (χ0n) is 21.5. The van der Waals surface area contributed by atoms with Gasteiger partial charge in [0.15, 0.2) is 0 Å². The quantitative estimate of drug-likeness (QED) is 0.450. The first kappa shape index (κ1) is 26.5. The van der Waals surface area contributed by atoms with E-state index in [9.17, 15) is 24.0 Å². The van der Waals surface area contributed by atoms with Gasteiger partial charge in [-0.25, -0.2) is 0 Å². The number of imide groups is 2. The molecule has 0 spiro atoms. The molecule has 1 atom stereocenters. The van der Waals surface area contributed by atoms with E-state index in [0.29, 0.717) is 12.0 Å². The van der Waals surface area contributed by atoms with Crippen LogP contribution >= 0.6 is 0 Å². The van der Waals surface area contributed by atoms with Crippen molar-refractivity contribution >= 4 is 29.6 Å². The lowest BCUT2D eigenvalue weighted by Crippen LogP contribution is -2.54. The van der Waals surface area contributed by atoms with Gasteiger partial charge >= 0.3 is 5.97 Å². The van der Waals surface area contributed by atoms with Gasteiger partial charge in [-0.3, -0.25) is 34.2 Å². The number of carbonyl (C=O) groups excluding carboxylic acids is 5. The van der Waals surface area contributed by atoms with Gasteiger partial charge in [0.05, 0.1) is 16.5 Å². The van der Waals surface area contributed by atoms with Crippen molar-refractivity contribution < 1.29 is 28.7 Å². The van der Waals surface area contributed by atoms with E-state index in [4.69, 9.17) is 4.74 Å². The Morgan fingerprint density at radius 3 is 2.31 bits per heavy atom. The molecule has 2 aliphatic rings. The number of nitrogens with zero attached hydrogens (tertiary/aromatic N) is 1. The monoisotopic (exact) mass is 485 g/mol. The fourth-order valence-corrected chi connectivity index (χ4v) is 4.72. The molecule has 1 saturated heterocycles.